The van der Waals surface area contributed by atoms with Crippen molar-refractivity contribution in [3.63, 3.8) is 0 Å². The van der Waals surface area contributed by atoms with Crippen molar-refractivity contribution in [1.82, 2.24) is 14.5 Å². The van der Waals surface area contributed by atoms with Gasteiger partial charge in [-0.1, -0.05) is 12.1 Å². The summed E-state index contributed by atoms with van der Waals surface area (Å²) >= 11 is 0. The van der Waals surface area contributed by atoms with E-state index in [-0.39, 0.29) is 0 Å². The first-order chi connectivity index (χ1) is 14.2. The van der Waals surface area contributed by atoms with Gasteiger partial charge in [0, 0.05) is 17.4 Å². The summed E-state index contributed by atoms with van der Waals surface area (Å²) in [5.74, 6) is 2.02. The molecule has 0 spiro atoms. The highest BCUT2D eigenvalue weighted by Gasteiger charge is 2.16. The molecular formula is C22H23N5O2. The number of benzene rings is 2. The molecule has 4 rings (SSSR count). The van der Waals surface area contributed by atoms with Crippen molar-refractivity contribution in [3.05, 3.63) is 61.1 Å². The third-order valence-electron chi connectivity index (χ3n) is 4.73. The maximum atomic E-state index is 6.22. The highest BCUT2D eigenvalue weighted by molar-refractivity contribution is 6.01. The van der Waals surface area contributed by atoms with E-state index in [4.69, 9.17) is 20.9 Å². The van der Waals surface area contributed by atoms with Gasteiger partial charge in [-0.15, -0.1) is 0 Å². The van der Waals surface area contributed by atoms with E-state index in [0.29, 0.717) is 19.0 Å². The van der Waals surface area contributed by atoms with Crippen molar-refractivity contribution in [2.75, 3.05) is 26.0 Å². The minimum absolute atomic E-state index is 0.438. The predicted molar refractivity (Wildman–Crippen MR) is 114 cm³/mol. The van der Waals surface area contributed by atoms with Crippen LogP contribution >= 0.6 is 0 Å². The molecule has 4 aromatic rings. The minimum atomic E-state index is 0.438. The maximum absolute atomic E-state index is 6.22. The van der Waals surface area contributed by atoms with E-state index in [0.717, 1.165) is 45.8 Å². The van der Waals surface area contributed by atoms with Crippen molar-refractivity contribution in [2.45, 2.75) is 6.42 Å². The van der Waals surface area contributed by atoms with Crippen LogP contribution < -0.4 is 20.9 Å². The van der Waals surface area contributed by atoms with Crippen LogP contribution in [0.15, 0.2) is 61.1 Å². The Morgan fingerprint density at radius 2 is 1.86 bits per heavy atom. The van der Waals surface area contributed by atoms with Gasteiger partial charge in [0.2, 0.25) is 0 Å². The van der Waals surface area contributed by atoms with Crippen LogP contribution in [-0.2, 0) is 0 Å². The second kappa shape index (κ2) is 8.20. The third kappa shape index (κ3) is 3.72. The van der Waals surface area contributed by atoms with Crippen LogP contribution in [-0.4, -0.2) is 34.8 Å². The Bertz CT molecular complexity index is 1120. The number of nitrogen functional groups attached to an aromatic ring is 1. The zero-order chi connectivity index (χ0) is 20.2. The largest absolute Gasteiger partial charge is 0.497 e. The Labute approximate surface area is 168 Å². The fourth-order valence-electron chi connectivity index (χ4n) is 3.27. The molecule has 0 aliphatic heterocycles. The van der Waals surface area contributed by atoms with Crippen molar-refractivity contribution in [2.24, 2.45) is 5.73 Å². The van der Waals surface area contributed by atoms with E-state index < -0.39 is 0 Å². The fourth-order valence-corrected chi connectivity index (χ4v) is 3.27. The lowest BCUT2D eigenvalue weighted by molar-refractivity contribution is 0.313. The van der Waals surface area contributed by atoms with E-state index in [1.165, 1.54) is 6.33 Å². The van der Waals surface area contributed by atoms with E-state index in [2.05, 4.69) is 9.97 Å². The van der Waals surface area contributed by atoms with Crippen molar-refractivity contribution >= 4 is 16.9 Å². The summed E-state index contributed by atoms with van der Waals surface area (Å²) in [4.78, 5) is 8.68. The van der Waals surface area contributed by atoms with Crippen LogP contribution in [0, 0.1) is 0 Å². The number of nitrogens with zero attached hydrogens (tertiary/aromatic N) is 3. The Hall–Kier alpha value is -3.58. The molecular weight excluding hydrogens is 366 g/mol. The number of methoxy groups -OCH3 is 1. The molecule has 0 fully saturated rings. The third-order valence-corrected chi connectivity index (χ3v) is 4.73. The maximum Gasteiger partial charge on any atom is 0.150 e. The molecule has 0 atom stereocenters. The summed E-state index contributed by atoms with van der Waals surface area (Å²) in [6, 6.07) is 15.7. The predicted octanol–water partition coefficient (Wildman–Crippen LogP) is 3.41. The number of nitrogens with two attached hydrogens (primary N) is 2. The number of hydrogen-bond acceptors (Lipinski definition) is 6. The summed E-state index contributed by atoms with van der Waals surface area (Å²) < 4.78 is 13.1. The fraction of sp³-hybridized carbons (Fsp3) is 0.182. The summed E-state index contributed by atoms with van der Waals surface area (Å²) in [6.07, 6.45) is 4.33. The second-order valence-electron chi connectivity index (χ2n) is 6.59. The Balaban J connectivity index is 1.79. The minimum Gasteiger partial charge on any atom is -0.497 e. The van der Waals surface area contributed by atoms with Gasteiger partial charge in [-0.2, -0.15) is 0 Å². The van der Waals surface area contributed by atoms with E-state index in [1.54, 1.807) is 7.11 Å². The zero-order valence-corrected chi connectivity index (χ0v) is 16.2. The summed E-state index contributed by atoms with van der Waals surface area (Å²) in [5, 5.41) is 0.809. The number of aromatic nitrogens is 3. The lowest BCUT2D eigenvalue weighted by atomic mass is 10.1. The highest BCUT2D eigenvalue weighted by Crippen LogP contribution is 2.35. The lowest BCUT2D eigenvalue weighted by Gasteiger charge is -2.08. The molecule has 4 N–H and O–H groups in total. The van der Waals surface area contributed by atoms with Crippen molar-refractivity contribution in [1.29, 1.82) is 0 Å². The SMILES string of the molecule is COc1cccc(-c2cn(-c3ccc(OCCCN)cc3)c3ncnc(N)c23)c1. The molecule has 0 aliphatic carbocycles. The van der Waals surface area contributed by atoms with Crippen LogP contribution in [0.1, 0.15) is 6.42 Å². The lowest BCUT2D eigenvalue weighted by Crippen LogP contribution is -2.06. The van der Waals surface area contributed by atoms with Crippen LogP contribution in [0.5, 0.6) is 11.5 Å². The van der Waals surface area contributed by atoms with Crippen LogP contribution in [0.3, 0.4) is 0 Å². The number of rotatable bonds is 7. The zero-order valence-electron chi connectivity index (χ0n) is 16.2. The topological polar surface area (TPSA) is 101 Å². The molecule has 7 nitrogen and oxygen atoms in total. The highest BCUT2D eigenvalue weighted by atomic mass is 16.5. The van der Waals surface area contributed by atoms with Crippen molar-refractivity contribution in [3.8, 4) is 28.3 Å². The molecule has 0 unspecified atom stereocenters. The monoisotopic (exact) mass is 389 g/mol. The summed E-state index contributed by atoms with van der Waals surface area (Å²) in [7, 11) is 1.65. The molecule has 0 bridgehead atoms. The summed E-state index contributed by atoms with van der Waals surface area (Å²) in [6.45, 7) is 1.22. The molecule has 148 valence electrons. The smallest absolute Gasteiger partial charge is 0.150 e. The number of hydrogen-bond donors (Lipinski definition) is 2. The van der Waals surface area contributed by atoms with Crippen LogP contribution in [0.4, 0.5) is 5.82 Å². The summed E-state index contributed by atoms with van der Waals surface area (Å²) in [5.41, 5.74) is 15.4. The van der Waals surface area contributed by atoms with Crippen molar-refractivity contribution < 1.29 is 9.47 Å². The molecule has 0 saturated heterocycles. The molecule has 29 heavy (non-hydrogen) atoms. The van der Waals surface area contributed by atoms with Gasteiger partial charge in [-0.25, -0.2) is 9.97 Å². The normalized spacial score (nSPS) is 11.0. The molecule has 0 saturated carbocycles. The Morgan fingerprint density at radius 1 is 1.03 bits per heavy atom. The van der Waals surface area contributed by atoms with Gasteiger partial charge in [0.1, 0.15) is 23.6 Å². The number of anilines is 1. The van der Waals surface area contributed by atoms with Crippen LogP contribution in [0.2, 0.25) is 0 Å². The average molecular weight is 389 g/mol. The van der Waals surface area contributed by atoms with Gasteiger partial charge in [-0.3, -0.25) is 0 Å². The van der Waals surface area contributed by atoms with E-state index in [9.17, 15) is 0 Å². The molecule has 0 amide bonds. The van der Waals surface area contributed by atoms with Gasteiger partial charge < -0.3 is 25.5 Å². The van der Waals surface area contributed by atoms with Gasteiger partial charge in [0.05, 0.1) is 19.1 Å². The average Bonchev–Trinajstić information content (AvgIpc) is 3.16. The standard InChI is InChI=1S/C22H23N5O2/c1-28-18-5-2-4-15(12-18)19-13-27(22-20(19)21(24)25-14-26-22)16-6-8-17(9-7-16)29-11-3-10-23/h2,4-9,12-14H,3,10-11,23H2,1H3,(H2,24,25,26). The first-order valence-corrected chi connectivity index (χ1v) is 9.40. The molecule has 2 heterocycles. The number of ether oxygens (including phenoxy) is 2. The van der Waals surface area contributed by atoms with E-state index in [1.807, 2.05) is 59.3 Å². The Kier molecular flexibility index (Phi) is 5.31. The first kappa shape index (κ1) is 18.8. The molecule has 2 aromatic carbocycles. The molecule has 0 aliphatic rings. The number of fused-ring (bicyclic) bond motifs is 1. The molecule has 2 aromatic heterocycles. The first-order valence-electron chi connectivity index (χ1n) is 9.40. The van der Waals surface area contributed by atoms with Gasteiger partial charge >= 0.3 is 0 Å². The van der Waals surface area contributed by atoms with Crippen LogP contribution in [0.25, 0.3) is 27.8 Å². The van der Waals surface area contributed by atoms with E-state index >= 15 is 0 Å². The molecule has 0 radical (unpaired) electrons. The quantitative estimate of drug-likeness (QED) is 0.470. The second-order valence-corrected chi connectivity index (χ2v) is 6.59. The van der Waals surface area contributed by atoms with Gasteiger partial charge in [0.15, 0.2) is 5.65 Å². The Morgan fingerprint density at radius 3 is 2.62 bits per heavy atom. The van der Waals surface area contributed by atoms with Gasteiger partial charge in [0.25, 0.3) is 0 Å². The van der Waals surface area contributed by atoms with Gasteiger partial charge in [-0.05, 0) is 54.9 Å². The molecule has 7 heteroatoms.